The van der Waals surface area contributed by atoms with Crippen LogP contribution in [0.1, 0.15) is 19.5 Å². The maximum Gasteiger partial charge on any atom is 0.322 e. The minimum absolute atomic E-state index is 0.0258. The Balaban J connectivity index is 2.05. The van der Waals surface area contributed by atoms with Gasteiger partial charge in [0.2, 0.25) is 11.2 Å². The Hall–Kier alpha value is -1.89. The third kappa shape index (κ3) is 4.06. The number of nitrogens with one attached hydrogen (secondary N) is 1. The van der Waals surface area contributed by atoms with Crippen LogP contribution in [-0.2, 0) is 13.6 Å². The molecule has 2 rings (SSSR count). The van der Waals surface area contributed by atoms with E-state index in [2.05, 4.69) is 25.4 Å². The minimum atomic E-state index is -0.0258. The summed E-state index contributed by atoms with van der Waals surface area (Å²) < 4.78 is 7.11. The van der Waals surface area contributed by atoms with E-state index in [1.165, 1.54) is 0 Å². The molecule has 0 atom stereocenters. The van der Waals surface area contributed by atoms with E-state index >= 15 is 0 Å². The maximum atomic E-state index is 5.82. The van der Waals surface area contributed by atoms with Crippen molar-refractivity contribution in [3.63, 3.8) is 0 Å². The van der Waals surface area contributed by atoms with Crippen LogP contribution in [0.15, 0.2) is 12.3 Å². The molecule has 0 aliphatic carbocycles. The molecule has 0 fully saturated rings. The Labute approximate surface area is 116 Å². The SMILES string of the molecule is CC(C)Oc1nc(Cl)nc(NCc2ccn(C)n2)n1. The van der Waals surface area contributed by atoms with Gasteiger partial charge in [0.25, 0.3) is 0 Å². The molecule has 0 aliphatic rings. The predicted octanol–water partition coefficient (Wildman–Crippen LogP) is 1.66. The van der Waals surface area contributed by atoms with Crippen LogP contribution in [0.25, 0.3) is 0 Å². The molecule has 0 unspecified atom stereocenters. The van der Waals surface area contributed by atoms with E-state index in [4.69, 9.17) is 16.3 Å². The van der Waals surface area contributed by atoms with Crippen molar-refractivity contribution in [2.75, 3.05) is 5.32 Å². The number of hydrogen-bond donors (Lipinski definition) is 1. The third-order valence-electron chi connectivity index (χ3n) is 2.13. The number of aryl methyl sites for hydroxylation is 1. The Morgan fingerprint density at radius 1 is 1.37 bits per heavy atom. The molecule has 102 valence electrons. The van der Waals surface area contributed by atoms with Gasteiger partial charge in [-0.2, -0.15) is 20.1 Å². The fourth-order valence-corrected chi connectivity index (χ4v) is 1.55. The van der Waals surface area contributed by atoms with E-state index in [0.717, 1.165) is 5.69 Å². The lowest BCUT2D eigenvalue weighted by Gasteiger charge is -2.09. The first kappa shape index (κ1) is 13.5. The van der Waals surface area contributed by atoms with Crippen molar-refractivity contribution in [2.45, 2.75) is 26.5 Å². The summed E-state index contributed by atoms with van der Waals surface area (Å²) in [6.07, 6.45) is 1.84. The normalized spacial score (nSPS) is 10.8. The van der Waals surface area contributed by atoms with Gasteiger partial charge in [-0.25, -0.2) is 0 Å². The van der Waals surface area contributed by atoms with Gasteiger partial charge in [0.15, 0.2) is 0 Å². The zero-order valence-electron chi connectivity index (χ0n) is 11.0. The molecular formula is C11H15ClN6O. The highest BCUT2D eigenvalue weighted by Crippen LogP contribution is 2.13. The summed E-state index contributed by atoms with van der Waals surface area (Å²) in [5.41, 5.74) is 0.880. The largest absolute Gasteiger partial charge is 0.461 e. The first-order chi connectivity index (χ1) is 9.02. The molecule has 2 heterocycles. The van der Waals surface area contributed by atoms with Gasteiger partial charge in [-0.3, -0.25) is 4.68 Å². The van der Waals surface area contributed by atoms with Gasteiger partial charge in [-0.15, -0.1) is 0 Å². The molecule has 0 radical (unpaired) electrons. The van der Waals surface area contributed by atoms with Crippen molar-refractivity contribution >= 4 is 17.5 Å². The highest BCUT2D eigenvalue weighted by Gasteiger charge is 2.08. The van der Waals surface area contributed by atoms with Crippen molar-refractivity contribution < 1.29 is 4.74 Å². The summed E-state index contributed by atoms with van der Waals surface area (Å²) >= 11 is 5.82. The van der Waals surface area contributed by atoms with E-state index in [1.807, 2.05) is 33.2 Å². The Morgan fingerprint density at radius 2 is 2.16 bits per heavy atom. The average Bonchev–Trinajstić information content (AvgIpc) is 2.71. The molecule has 0 aromatic carbocycles. The molecule has 7 nitrogen and oxygen atoms in total. The summed E-state index contributed by atoms with van der Waals surface area (Å²) in [5, 5.41) is 7.36. The van der Waals surface area contributed by atoms with Crippen LogP contribution in [0.3, 0.4) is 0 Å². The van der Waals surface area contributed by atoms with Crippen LogP contribution in [0.5, 0.6) is 6.01 Å². The smallest absolute Gasteiger partial charge is 0.322 e. The van der Waals surface area contributed by atoms with Gasteiger partial charge in [0.05, 0.1) is 18.3 Å². The highest BCUT2D eigenvalue weighted by molar-refractivity contribution is 6.28. The van der Waals surface area contributed by atoms with Crippen molar-refractivity contribution in [1.29, 1.82) is 0 Å². The zero-order valence-corrected chi connectivity index (χ0v) is 11.7. The summed E-state index contributed by atoms with van der Waals surface area (Å²) in [4.78, 5) is 12.0. The molecule has 0 amide bonds. The second kappa shape index (κ2) is 5.83. The number of ether oxygens (including phenoxy) is 1. The van der Waals surface area contributed by atoms with Crippen molar-refractivity contribution in [3.8, 4) is 6.01 Å². The van der Waals surface area contributed by atoms with Crippen molar-refractivity contribution in [2.24, 2.45) is 7.05 Å². The quantitative estimate of drug-likeness (QED) is 0.898. The molecule has 8 heteroatoms. The van der Waals surface area contributed by atoms with Gasteiger partial charge in [-0.05, 0) is 31.5 Å². The van der Waals surface area contributed by atoms with E-state index in [1.54, 1.807) is 4.68 Å². The zero-order chi connectivity index (χ0) is 13.8. The molecule has 0 saturated heterocycles. The van der Waals surface area contributed by atoms with Gasteiger partial charge in [0.1, 0.15) is 0 Å². The van der Waals surface area contributed by atoms with E-state index < -0.39 is 0 Å². The third-order valence-corrected chi connectivity index (χ3v) is 2.29. The molecule has 19 heavy (non-hydrogen) atoms. The van der Waals surface area contributed by atoms with Gasteiger partial charge in [0, 0.05) is 13.2 Å². The molecule has 2 aromatic heterocycles. The van der Waals surface area contributed by atoms with Crippen LogP contribution in [0.4, 0.5) is 5.95 Å². The topological polar surface area (TPSA) is 77.8 Å². The monoisotopic (exact) mass is 282 g/mol. The molecular weight excluding hydrogens is 268 g/mol. The first-order valence-electron chi connectivity index (χ1n) is 5.83. The van der Waals surface area contributed by atoms with Crippen molar-refractivity contribution in [1.82, 2.24) is 24.7 Å². The average molecular weight is 283 g/mol. The van der Waals surface area contributed by atoms with Gasteiger partial charge in [-0.1, -0.05) is 0 Å². The Kier molecular flexibility index (Phi) is 4.16. The first-order valence-corrected chi connectivity index (χ1v) is 6.21. The van der Waals surface area contributed by atoms with E-state index in [9.17, 15) is 0 Å². The number of rotatable bonds is 5. The minimum Gasteiger partial charge on any atom is -0.461 e. The van der Waals surface area contributed by atoms with Crippen LogP contribution in [-0.4, -0.2) is 30.8 Å². The van der Waals surface area contributed by atoms with E-state index in [-0.39, 0.29) is 17.4 Å². The lowest BCUT2D eigenvalue weighted by Crippen LogP contribution is -2.11. The molecule has 0 bridgehead atoms. The number of aromatic nitrogens is 5. The molecule has 2 aromatic rings. The van der Waals surface area contributed by atoms with Crippen LogP contribution >= 0.6 is 11.6 Å². The van der Waals surface area contributed by atoms with Crippen LogP contribution in [0.2, 0.25) is 5.28 Å². The lowest BCUT2D eigenvalue weighted by atomic mass is 10.4. The molecule has 0 saturated carbocycles. The molecule has 0 spiro atoms. The maximum absolute atomic E-state index is 5.82. The van der Waals surface area contributed by atoms with Crippen LogP contribution < -0.4 is 10.1 Å². The summed E-state index contributed by atoms with van der Waals surface area (Å²) in [5.74, 6) is 0.362. The highest BCUT2D eigenvalue weighted by atomic mass is 35.5. The number of hydrogen-bond acceptors (Lipinski definition) is 6. The Bertz CT molecular complexity index is 556. The second-order valence-electron chi connectivity index (χ2n) is 4.21. The molecule has 0 aliphatic heterocycles. The fraction of sp³-hybridized carbons (Fsp3) is 0.455. The second-order valence-corrected chi connectivity index (χ2v) is 4.55. The lowest BCUT2D eigenvalue weighted by molar-refractivity contribution is 0.222. The summed E-state index contributed by atoms with van der Waals surface area (Å²) in [6, 6.07) is 2.11. The summed E-state index contributed by atoms with van der Waals surface area (Å²) in [6.45, 7) is 4.28. The number of anilines is 1. The molecule has 1 N–H and O–H groups in total. The van der Waals surface area contributed by atoms with Crippen molar-refractivity contribution in [3.05, 3.63) is 23.2 Å². The standard InChI is InChI=1S/C11H15ClN6O/c1-7(2)19-11-15-9(12)14-10(16-11)13-6-8-4-5-18(3)17-8/h4-5,7H,6H2,1-3H3,(H,13,14,15,16). The fourth-order valence-electron chi connectivity index (χ4n) is 1.40. The van der Waals surface area contributed by atoms with Gasteiger partial charge >= 0.3 is 6.01 Å². The summed E-state index contributed by atoms with van der Waals surface area (Å²) in [7, 11) is 1.86. The number of halogens is 1. The van der Waals surface area contributed by atoms with Gasteiger partial charge < -0.3 is 10.1 Å². The van der Waals surface area contributed by atoms with Crippen LogP contribution in [0, 0.1) is 0 Å². The predicted molar refractivity (Wildman–Crippen MR) is 71.1 cm³/mol. The number of nitrogens with zero attached hydrogens (tertiary/aromatic N) is 5. The Morgan fingerprint density at radius 3 is 2.79 bits per heavy atom. The van der Waals surface area contributed by atoms with E-state index in [0.29, 0.717) is 12.5 Å².